The van der Waals surface area contributed by atoms with Gasteiger partial charge < -0.3 is 14.8 Å². The van der Waals surface area contributed by atoms with Crippen molar-refractivity contribution < 1.29 is 9.47 Å². The van der Waals surface area contributed by atoms with E-state index in [0.717, 1.165) is 23.1 Å². The van der Waals surface area contributed by atoms with Gasteiger partial charge in [0.2, 0.25) is 6.79 Å². The van der Waals surface area contributed by atoms with E-state index < -0.39 is 0 Å². The average Bonchev–Trinajstić information content (AvgIpc) is 2.63. The molecule has 0 saturated heterocycles. The fourth-order valence-corrected chi connectivity index (χ4v) is 2.48. The summed E-state index contributed by atoms with van der Waals surface area (Å²) >= 11 is 6.17. The van der Waals surface area contributed by atoms with Gasteiger partial charge in [-0.05, 0) is 18.8 Å². The molecule has 1 heterocycles. The molecule has 1 fully saturated rings. The molecule has 4 heteroatoms. The van der Waals surface area contributed by atoms with E-state index in [-0.39, 0.29) is 6.79 Å². The SMILES string of the molecule is CC1CC(Nc2cc3c(cc2Cl)OCO3)C1. The molecule has 0 amide bonds. The molecule has 0 spiro atoms. The molecule has 0 atom stereocenters. The van der Waals surface area contributed by atoms with Gasteiger partial charge in [0.15, 0.2) is 11.5 Å². The highest BCUT2D eigenvalue weighted by atomic mass is 35.5. The summed E-state index contributed by atoms with van der Waals surface area (Å²) in [5.41, 5.74) is 0.947. The lowest BCUT2D eigenvalue weighted by Gasteiger charge is -2.34. The first-order valence-electron chi connectivity index (χ1n) is 5.58. The van der Waals surface area contributed by atoms with Crippen molar-refractivity contribution in [2.24, 2.45) is 5.92 Å². The molecule has 1 aliphatic carbocycles. The number of nitrogens with one attached hydrogen (secondary N) is 1. The van der Waals surface area contributed by atoms with E-state index in [1.807, 2.05) is 12.1 Å². The maximum atomic E-state index is 6.17. The van der Waals surface area contributed by atoms with E-state index in [0.29, 0.717) is 11.1 Å². The zero-order valence-electron chi connectivity index (χ0n) is 9.13. The van der Waals surface area contributed by atoms with E-state index in [4.69, 9.17) is 21.1 Å². The minimum Gasteiger partial charge on any atom is -0.454 e. The number of ether oxygens (including phenoxy) is 2. The summed E-state index contributed by atoms with van der Waals surface area (Å²) in [6.45, 7) is 2.55. The van der Waals surface area contributed by atoms with Crippen LogP contribution < -0.4 is 14.8 Å². The first-order valence-corrected chi connectivity index (χ1v) is 5.96. The summed E-state index contributed by atoms with van der Waals surface area (Å²) in [7, 11) is 0. The third-order valence-corrected chi connectivity index (χ3v) is 3.51. The summed E-state index contributed by atoms with van der Waals surface area (Å²) in [5.74, 6) is 2.34. The monoisotopic (exact) mass is 239 g/mol. The van der Waals surface area contributed by atoms with Crippen molar-refractivity contribution in [2.45, 2.75) is 25.8 Å². The molecule has 2 aliphatic rings. The maximum absolute atomic E-state index is 6.17. The Balaban J connectivity index is 1.79. The Morgan fingerprint density at radius 3 is 2.62 bits per heavy atom. The van der Waals surface area contributed by atoms with Crippen LogP contribution in [0.4, 0.5) is 5.69 Å². The first-order chi connectivity index (χ1) is 7.72. The predicted octanol–water partition coefficient (Wildman–Crippen LogP) is 3.28. The van der Waals surface area contributed by atoms with Crippen LogP contribution in [-0.2, 0) is 0 Å². The molecule has 0 aromatic heterocycles. The highest BCUT2D eigenvalue weighted by molar-refractivity contribution is 6.33. The van der Waals surface area contributed by atoms with Crippen molar-refractivity contribution in [1.82, 2.24) is 0 Å². The fourth-order valence-electron chi connectivity index (χ4n) is 2.27. The van der Waals surface area contributed by atoms with Gasteiger partial charge in [-0.1, -0.05) is 18.5 Å². The highest BCUT2D eigenvalue weighted by Crippen LogP contribution is 2.40. The number of fused-ring (bicyclic) bond motifs is 1. The molecule has 0 radical (unpaired) electrons. The molecule has 1 aromatic carbocycles. The van der Waals surface area contributed by atoms with Gasteiger partial charge in [-0.15, -0.1) is 0 Å². The Hall–Kier alpha value is -1.09. The Labute approximate surface area is 99.7 Å². The summed E-state index contributed by atoms with van der Waals surface area (Å²) < 4.78 is 10.6. The number of hydrogen-bond donors (Lipinski definition) is 1. The van der Waals surface area contributed by atoms with Crippen LogP contribution in [0.15, 0.2) is 12.1 Å². The van der Waals surface area contributed by atoms with Crippen LogP contribution in [-0.4, -0.2) is 12.8 Å². The van der Waals surface area contributed by atoms with Crippen LogP contribution in [0.25, 0.3) is 0 Å². The Bertz CT molecular complexity index is 416. The zero-order chi connectivity index (χ0) is 11.1. The maximum Gasteiger partial charge on any atom is 0.231 e. The first kappa shape index (κ1) is 10.1. The predicted molar refractivity (Wildman–Crippen MR) is 63.4 cm³/mol. The van der Waals surface area contributed by atoms with Crippen molar-refractivity contribution in [3.63, 3.8) is 0 Å². The van der Waals surface area contributed by atoms with E-state index in [1.54, 1.807) is 0 Å². The topological polar surface area (TPSA) is 30.5 Å². The van der Waals surface area contributed by atoms with Crippen molar-refractivity contribution in [2.75, 3.05) is 12.1 Å². The van der Waals surface area contributed by atoms with Crippen LogP contribution in [0.5, 0.6) is 11.5 Å². The second-order valence-corrected chi connectivity index (χ2v) is 5.01. The fraction of sp³-hybridized carbons (Fsp3) is 0.500. The molecule has 86 valence electrons. The second-order valence-electron chi connectivity index (χ2n) is 4.60. The van der Waals surface area contributed by atoms with Crippen LogP contribution in [0, 0.1) is 5.92 Å². The molecule has 16 heavy (non-hydrogen) atoms. The number of rotatable bonds is 2. The average molecular weight is 240 g/mol. The molecule has 0 unspecified atom stereocenters. The van der Waals surface area contributed by atoms with Gasteiger partial charge in [0.1, 0.15) is 0 Å². The van der Waals surface area contributed by atoms with Crippen molar-refractivity contribution in [1.29, 1.82) is 0 Å². The molecule has 0 bridgehead atoms. The third kappa shape index (κ3) is 1.69. The lowest BCUT2D eigenvalue weighted by atomic mass is 9.82. The van der Waals surface area contributed by atoms with E-state index in [1.165, 1.54) is 12.8 Å². The van der Waals surface area contributed by atoms with Crippen LogP contribution >= 0.6 is 11.6 Å². The molecule has 1 aliphatic heterocycles. The van der Waals surface area contributed by atoms with Gasteiger partial charge in [0.25, 0.3) is 0 Å². The number of hydrogen-bond acceptors (Lipinski definition) is 3. The van der Waals surface area contributed by atoms with Gasteiger partial charge in [0, 0.05) is 18.2 Å². The summed E-state index contributed by atoms with van der Waals surface area (Å²) in [6.07, 6.45) is 2.43. The summed E-state index contributed by atoms with van der Waals surface area (Å²) in [5, 5.41) is 4.14. The normalized spacial score (nSPS) is 26.4. The molecule has 1 N–H and O–H groups in total. The minimum absolute atomic E-state index is 0.287. The molecular weight excluding hydrogens is 226 g/mol. The van der Waals surface area contributed by atoms with Gasteiger partial charge in [-0.3, -0.25) is 0 Å². The van der Waals surface area contributed by atoms with Gasteiger partial charge >= 0.3 is 0 Å². The number of anilines is 1. The van der Waals surface area contributed by atoms with Crippen LogP contribution in [0.1, 0.15) is 19.8 Å². The largest absolute Gasteiger partial charge is 0.454 e. The number of halogens is 1. The van der Waals surface area contributed by atoms with Crippen LogP contribution in [0.3, 0.4) is 0 Å². The zero-order valence-corrected chi connectivity index (χ0v) is 9.88. The van der Waals surface area contributed by atoms with Crippen LogP contribution in [0.2, 0.25) is 5.02 Å². The van der Waals surface area contributed by atoms with Crippen molar-refractivity contribution in [3.8, 4) is 11.5 Å². The molecule has 3 rings (SSSR count). The Morgan fingerprint density at radius 2 is 1.94 bits per heavy atom. The lowest BCUT2D eigenvalue weighted by Crippen LogP contribution is -2.33. The smallest absolute Gasteiger partial charge is 0.231 e. The molecule has 1 aromatic rings. The van der Waals surface area contributed by atoms with Crippen molar-refractivity contribution in [3.05, 3.63) is 17.2 Å². The lowest BCUT2D eigenvalue weighted by molar-refractivity contribution is 0.174. The van der Waals surface area contributed by atoms with E-state index in [2.05, 4.69) is 12.2 Å². The van der Waals surface area contributed by atoms with E-state index >= 15 is 0 Å². The van der Waals surface area contributed by atoms with Gasteiger partial charge in [-0.25, -0.2) is 0 Å². The third-order valence-electron chi connectivity index (χ3n) is 3.20. The summed E-state index contributed by atoms with van der Waals surface area (Å²) in [6, 6.07) is 4.29. The second kappa shape index (κ2) is 3.74. The molecule has 1 saturated carbocycles. The van der Waals surface area contributed by atoms with Gasteiger partial charge in [-0.2, -0.15) is 0 Å². The number of benzene rings is 1. The van der Waals surface area contributed by atoms with Crippen molar-refractivity contribution >= 4 is 17.3 Å². The highest BCUT2D eigenvalue weighted by Gasteiger charge is 2.26. The van der Waals surface area contributed by atoms with Gasteiger partial charge in [0.05, 0.1) is 10.7 Å². The standard InChI is InChI=1S/C12H14ClNO2/c1-7-2-8(3-7)14-10-5-12-11(4-9(10)13)15-6-16-12/h4-5,7-8,14H,2-3,6H2,1H3. The Morgan fingerprint density at radius 1 is 1.25 bits per heavy atom. The van der Waals surface area contributed by atoms with E-state index in [9.17, 15) is 0 Å². The quantitative estimate of drug-likeness (QED) is 0.859. The minimum atomic E-state index is 0.287. The Kier molecular flexibility index (Phi) is 2.36. The molecular formula is C12H14ClNO2. The molecule has 3 nitrogen and oxygen atoms in total. The summed E-state index contributed by atoms with van der Waals surface area (Å²) in [4.78, 5) is 0.